The normalized spacial score (nSPS) is 23.7. The predicted octanol–water partition coefficient (Wildman–Crippen LogP) is 8.65. The molecule has 3 saturated heterocycles. The highest BCUT2D eigenvalue weighted by Crippen LogP contribution is 2.37. The van der Waals surface area contributed by atoms with Crippen LogP contribution in [0.2, 0.25) is 0 Å². The van der Waals surface area contributed by atoms with Crippen molar-refractivity contribution in [3.05, 3.63) is 142 Å². The summed E-state index contributed by atoms with van der Waals surface area (Å²) >= 11 is 0. The maximum absolute atomic E-state index is 13.7. The number of hydrogen-bond donors (Lipinski definition) is 2. The van der Waals surface area contributed by atoms with Gasteiger partial charge in [0, 0.05) is 79.9 Å². The second-order valence-corrected chi connectivity index (χ2v) is 18.3. The fraction of sp³-hybridized carbons (Fsp3) is 0.472. The Morgan fingerprint density at radius 2 is 1.52 bits per heavy atom. The molecule has 7 rings (SSSR count). The second-order valence-electron chi connectivity index (χ2n) is 18.3. The van der Waals surface area contributed by atoms with E-state index < -0.39 is 5.60 Å². The summed E-state index contributed by atoms with van der Waals surface area (Å²) in [6.07, 6.45) is 16.5. The summed E-state index contributed by atoms with van der Waals surface area (Å²) in [5.41, 5.74) is 7.94. The van der Waals surface area contributed by atoms with Gasteiger partial charge in [-0.25, -0.2) is 4.99 Å². The number of amidine groups is 1. The summed E-state index contributed by atoms with van der Waals surface area (Å²) in [6.45, 7) is 24.8. The van der Waals surface area contributed by atoms with Crippen LogP contribution in [0.5, 0.6) is 0 Å². The van der Waals surface area contributed by atoms with Crippen LogP contribution in [0, 0.1) is 0 Å². The zero-order chi connectivity index (χ0) is 45.0. The standard InChI is InChI=1S/C53H68N6O4/c1-9-42-30-43(21-25-49(42)37(6)60)53(63)26-28-56(29-27-53)31-40-17-19-41(20-18-40)32-58-46-23-24-47(58)34-57(33-46)44(10-2)22-16-35(4)54-39(8)55-51-48(11-3)36(5)50(38(7)61)52(62)59(51)45-14-12-13-15-45/h10-11,16-22,25,30,45-47,54,63H,4,8-9,12-15,23-24,26-29,31-34H2,1-3,5-7H3/b22-16-,44-10+,48-11-,55-51+. The number of piperidine rings is 1. The van der Waals surface area contributed by atoms with Crippen molar-refractivity contribution in [2.75, 3.05) is 26.2 Å². The van der Waals surface area contributed by atoms with Crippen molar-refractivity contribution in [1.82, 2.24) is 24.9 Å². The van der Waals surface area contributed by atoms with Gasteiger partial charge in [0.25, 0.3) is 5.91 Å². The molecule has 4 aliphatic heterocycles. The van der Waals surface area contributed by atoms with E-state index in [1.165, 1.54) is 30.9 Å². The lowest BCUT2D eigenvalue weighted by molar-refractivity contribution is -0.127. The van der Waals surface area contributed by atoms with Crippen molar-refractivity contribution in [2.45, 2.75) is 136 Å². The third kappa shape index (κ3) is 9.99. The molecule has 5 aliphatic rings. The number of ketones is 2. The van der Waals surface area contributed by atoms with Crippen LogP contribution in [0.15, 0.2) is 119 Å². The van der Waals surface area contributed by atoms with Crippen LogP contribution in [0.25, 0.3) is 0 Å². The highest BCUT2D eigenvalue weighted by molar-refractivity contribution is 6.29. The minimum atomic E-state index is -0.862. The summed E-state index contributed by atoms with van der Waals surface area (Å²) in [6, 6.07) is 16.0. The number of allylic oxidation sites excluding steroid dienone is 4. The smallest absolute Gasteiger partial charge is 0.263 e. The Labute approximate surface area is 375 Å². The minimum Gasteiger partial charge on any atom is -0.385 e. The molecule has 4 heterocycles. The number of amides is 1. The van der Waals surface area contributed by atoms with Crippen LogP contribution < -0.4 is 5.32 Å². The molecule has 0 radical (unpaired) electrons. The molecule has 334 valence electrons. The molecule has 2 unspecified atom stereocenters. The lowest BCUT2D eigenvalue weighted by atomic mass is 9.82. The molecule has 0 spiro atoms. The number of aliphatic hydroxyl groups is 1. The Morgan fingerprint density at radius 3 is 2.10 bits per heavy atom. The van der Waals surface area contributed by atoms with Crippen molar-refractivity contribution in [3.8, 4) is 0 Å². The first-order chi connectivity index (χ1) is 30.2. The number of fused-ring (bicyclic) bond motifs is 2. The second kappa shape index (κ2) is 19.7. The third-order valence-electron chi connectivity index (χ3n) is 14.2. The maximum atomic E-state index is 13.7. The SMILES string of the molecule is C=C(/C=C\C(=C/C)N1CC2CCC(C1)N2Cc1ccc(CN2CCC(O)(c3ccc(C(C)=O)c(CC)c3)CC2)cc1)NC(=C)/N=C1\C(=C/C)C(C)=C(C(C)=O)C(=O)N1C1CCCC1. The third-order valence-corrected chi connectivity index (χ3v) is 14.2. The number of carbonyl (C=O) groups is 3. The molecule has 2 aromatic carbocycles. The van der Waals surface area contributed by atoms with Gasteiger partial charge in [-0.3, -0.25) is 29.1 Å². The van der Waals surface area contributed by atoms with E-state index in [1.54, 1.807) is 11.8 Å². The number of aryl methyl sites for hydroxylation is 1. The number of carbonyl (C=O) groups excluding carboxylic acids is 3. The molecule has 63 heavy (non-hydrogen) atoms. The van der Waals surface area contributed by atoms with Crippen molar-refractivity contribution < 1.29 is 19.5 Å². The summed E-state index contributed by atoms with van der Waals surface area (Å²) in [5.74, 6) is 0.506. The molecule has 2 bridgehead atoms. The van der Waals surface area contributed by atoms with Gasteiger partial charge in [0.2, 0.25) is 0 Å². The first-order valence-corrected chi connectivity index (χ1v) is 23.2. The fourth-order valence-electron chi connectivity index (χ4n) is 10.7. The summed E-state index contributed by atoms with van der Waals surface area (Å²) in [7, 11) is 0. The fourth-order valence-corrected chi connectivity index (χ4v) is 10.7. The van der Waals surface area contributed by atoms with Crippen molar-refractivity contribution in [1.29, 1.82) is 0 Å². The van der Waals surface area contributed by atoms with Gasteiger partial charge in [0.15, 0.2) is 11.6 Å². The van der Waals surface area contributed by atoms with Crippen LogP contribution in [0.4, 0.5) is 0 Å². The molecule has 1 saturated carbocycles. The molecule has 1 aliphatic carbocycles. The molecule has 10 nitrogen and oxygen atoms in total. The highest BCUT2D eigenvalue weighted by atomic mass is 16.3. The van der Waals surface area contributed by atoms with Gasteiger partial charge >= 0.3 is 0 Å². The molecule has 10 heteroatoms. The number of hydrogen-bond acceptors (Lipinski definition) is 9. The van der Waals surface area contributed by atoms with E-state index in [1.807, 2.05) is 44.2 Å². The van der Waals surface area contributed by atoms with Gasteiger partial charge in [-0.15, -0.1) is 0 Å². The van der Waals surface area contributed by atoms with Gasteiger partial charge < -0.3 is 15.3 Å². The van der Waals surface area contributed by atoms with Gasteiger partial charge in [-0.2, -0.15) is 0 Å². The van der Waals surface area contributed by atoms with Crippen LogP contribution in [0.1, 0.15) is 126 Å². The topological polar surface area (TPSA) is 109 Å². The molecule has 2 N–H and O–H groups in total. The van der Waals surface area contributed by atoms with Crippen molar-refractivity contribution >= 4 is 23.3 Å². The quantitative estimate of drug-likeness (QED) is 0.104. The predicted molar refractivity (Wildman–Crippen MR) is 253 cm³/mol. The van der Waals surface area contributed by atoms with Crippen molar-refractivity contribution in [2.24, 2.45) is 4.99 Å². The van der Waals surface area contributed by atoms with E-state index in [2.05, 4.69) is 83.4 Å². The number of benzene rings is 2. The Bertz CT molecular complexity index is 2250. The number of piperazine rings is 1. The number of aliphatic imine (C=N–C) groups is 1. The zero-order valence-corrected chi connectivity index (χ0v) is 38.5. The van der Waals surface area contributed by atoms with E-state index in [4.69, 9.17) is 4.99 Å². The van der Waals surface area contributed by atoms with E-state index in [-0.39, 0.29) is 29.1 Å². The summed E-state index contributed by atoms with van der Waals surface area (Å²) in [5, 5.41) is 14.9. The lowest BCUT2D eigenvalue weighted by Gasteiger charge is -2.42. The van der Waals surface area contributed by atoms with Crippen LogP contribution >= 0.6 is 0 Å². The average molecular weight is 853 g/mol. The Hall–Kier alpha value is -5.16. The average Bonchev–Trinajstić information content (AvgIpc) is 3.86. The van der Waals surface area contributed by atoms with Crippen LogP contribution in [-0.2, 0) is 34.7 Å². The van der Waals surface area contributed by atoms with Gasteiger partial charge in [0.1, 0.15) is 11.7 Å². The molecule has 0 aromatic heterocycles. The van der Waals surface area contributed by atoms with Crippen LogP contribution in [0.3, 0.4) is 0 Å². The van der Waals surface area contributed by atoms with Crippen LogP contribution in [-0.4, -0.2) is 92.3 Å². The van der Waals surface area contributed by atoms with Gasteiger partial charge in [0.05, 0.1) is 11.2 Å². The Kier molecular flexibility index (Phi) is 14.3. The molecule has 2 aromatic rings. The number of nitrogens with zero attached hydrogens (tertiary/aromatic N) is 5. The Morgan fingerprint density at radius 1 is 0.889 bits per heavy atom. The summed E-state index contributed by atoms with van der Waals surface area (Å²) in [4.78, 5) is 52.7. The molecule has 4 fully saturated rings. The first kappa shape index (κ1) is 45.9. The van der Waals surface area contributed by atoms with E-state index in [0.717, 1.165) is 99.3 Å². The lowest BCUT2D eigenvalue weighted by Crippen LogP contribution is -2.52. The van der Waals surface area contributed by atoms with Crippen molar-refractivity contribution in [3.63, 3.8) is 0 Å². The molecule has 2 atom stereocenters. The van der Waals surface area contributed by atoms with Gasteiger partial charge in [-0.1, -0.05) is 87.5 Å². The number of rotatable bonds is 15. The maximum Gasteiger partial charge on any atom is 0.263 e. The summed E-state index contributed by atoms with van der Waals surface area (Å²) < 4.78 is 0. The monoisotopic (exact) mass is 853 g/mol. The molecule has 1 amide bonds. The van der Waals surface area contributed by atoms with Gasteiger partial charge in [-0.05, 0) is 120 Å². The van der Waals surface area contributed by atoms with E-state index >= 15 is 0 Å². The highest BCUT2D eigenvalue weighted by Gasteiger charge is 2.42. The largest absolute Gasteiger partial charge is 0.385 e. The number of likely N-dealkylation sites (tertiary alicyclic amines) is 2. The molecular weight excluding hydrogens is 785 g/mol. The Balaban J connectivity index is 0.911. The molecular formula is C53H68N6O4. The number of Topliss-reactive ketones (excluding diaryl/α,β-unsaturated/α-hetero) is 2. The minimum absolute atomic E-state index is 0.000993. The van der Waals surface area contributed by atoms with E-state index in [0.29, 0.717) is 47.9 Å². The first-order valence-electron chi connectivity index (χ1n) is 23.2. The zero-order valence-electron chi connectivity index (χ0n) is 38.5. The number of nitrogens with one attached hydrogen (secondary N) is 1. The van der Waals surface area contributed by atoms with E-state index in [9.17, 15) is 19.5 Å².